The molecular weight excluding hydrogens is 266 g/mol. The summed E-state index contributed by atoms with van der Waals surface area (Å²) in [5.74, 6) is 1.84. The number of para-hydroxylation sites is 1. The van der Waals surface area contributed by atoms with Crippen molar-refractivity contribution in [1.82, 2.24) is 9.88 Å². The second-order valence-electron chi connectivity index (χ2n) is 5.27. The molecule has 0 aliphatic heterocycles. The van der Waals surface area contributed by atoms with E-state index in [2.05, 4.69) is 42.2 Å². The van der Waals surface area contributed by atoms with Crippen LogP contribution in [-0.2, 0) is 6.54 Å². The van der Waals surface area contributed by atoms with Gasteiger partial charge in [-0.1, -0.05) is 18.2 Å². The summed E-state index contributed by atoms with van der Waals surface area (Å²) in [4.78, 5) is 6.84. The number of fused-ring (bicyclic) bond motifs is 1. The van der Waals surface area contributed by atoms with E-state index in [0.29, 0.717) is 11.9 Å². The molecule has 4 heteroatoms. The number of nitrogen functional groups attached to an aromatic ring is 1. The van der Waals surface area contributed by atoms with E-state index >= 15 is 0 Å². The number of benzene rings is 1. The first-order valence-electron chi connectivity index (χ1n) is 6.95. The number of nitrogens with two attached hydrogens (primary N) is 1. The zero-order valence-corrected chi connectivity index (χ0v) is 13.3. The molecule has 2 aromatic rings. The first-order valence-corrected chi connectivity index (χ1v) is 8.34. The van der Waals surface area contributed by atoms with E-state index in [1.54, 1.807) is 0 Å². The van der Waals surface area contributed by atoms with Crippen molar-refractivity contribution in [2.75, 3.05) is 24.8 Å². The van der Waals surface area contributed by atoms with Gasteiger partial charge >= 0.3 is 0 Å². The summed E-state index contributed by atoms with van der Waals surface area (Å²) in [6, 6.07) is 10.8. The second-order valence-corrected chi connectivity index (χ2v) is 6.26. The van der Waals surface area contributed by atoms with E-state index in [0.717, 1.165) is 23.0 Å². The molecule has 2 N–H and O–H groups in total. The van der Waals surface area contributed by atoms with Crippen LogP contribution in [0.1, 0.15) is 18.9 Å². The van der Waals surface area contributed by atoms with Crippen molar-refractivity contribution >= 4 is 28.5 Å². The number of hydrogen-bond acceptors (Lipinski definition) is 4. The average Bonchev–Trinajstić information content (AvgIpc) is 2.45. The lowest BCUT2D eigenvalue weighted by Crippen LogP contribution is -2.29. The quantitative estimate of drug-likeness (QED) is 0.885. The molecule has 0 spiro atoms. The maximum atomic E-state index is 6.09. The molecule has 0 saturated heterocycles. The van der Waals surface area contributed by atoms with Gasteiger partial charge in [0.1, 0.15) is 5.82 Å². The largest absolute Gasteiger partial charge is 0.383 e. The highest BCUT2D eigenvalue weighted by Gasteiger charge is 2.12. The molecule has 0 aliphatic rings. The summed E-state index contributed by atoms with van der Waals surface area (Å²) in [7, 11) is 2.15. The van der Waals surface area contributed by atoms with Crippen LogP contribution in [0.25, 0.3) is 10.9 Å². The van der Waals surface area contributed by atoms with Crippen LogP contribution in [0.5, 0.6) is 0 Å². The zero-order valence-electron chi connectivity index (χ0n) is 12.5. The Labute approximate surface area is 125 Å². The summed E-state index contributed by atoms with van der Waals surface area (Å²) in [5.41, 5.74) is 8.17. The van der Waals surface area contributed by atoms with Crippen LogP contribution >= 0.6 is 11.8 Å². The maximum absolute atomic E-state index is 6.09. The van der Waals surface area contributed by atoms with Gasteiger partial charge in [-0.3, -0.25) is 4.90 Å². The van der Waals surface area contributed by atoms with Gasteiger partial charge in [-0.05, 0) is 44.5 Å². The van der Waals surface area contributed by atoms with Gasteiger partial charge in [-0.25, -0.2) is 4.98 Å². The Morgan fingerprint density at radius 1 is 1.35 bits per heavy atom. The van der Waals surface area contributed by atoms with Crippen LogP contribution < -0.4 is 5.73 Å². The minimum atomic E-state index is 0.549. The standard InChI is InChI=1S/C16H23N3S/c1-12(8-9-20-3)19(2)11-14-10-13-6-4-5-7-15(13)18-16(14)17/h4-7,10,12H,8-9,11H2,1-3H3,(H2,17,18). The molecule has 0 radical (unpaired) electrons. The van der Waals surface area contributed by atoms with E-state index in [9.17, 15) is 0 Å². The highest BCUT2D eigenvalue weighted by Crippen LogP contribution is 2.20. The fraction of sp³-hybridized carbons (Fsp3) is 0.438. The number of anilines is 1. The van der Waals surface area contributed by atoms with Crippen molar-refractivity contribution in [3.8, 4) is 0 Å². The summed E-state index contributed by atoms with van der Waals surface area (Å²) in [6.45, 7) is 3.11. The summed E-state index contributed by atoms with van der Waals surface area (Å²) in [6.07, 6.45) is 3.34. The van der Waals surface area contributed by atoms with Crippen LogP contribution in [0.2, 0.25) is 0 Å². The molecule has 0 amide bonds. The normalized spacial score (nSPS) is 13.0. The van der Waals surface area contributed by atoms with E-state index in [-0.39, 0.29) is 0 Å². The van der Waals surface area contributed by atoms with Gasteiger partial charge in [0, 0.05) is 23.5 Å². The topological polar surface area (TPSA) is 42.2 Å². The zero-order chi connectivity index (χ0) is 14.5. The Balaban J connectivity index is 2.14. The number of rotatable bonds is 6. The predicted molar refractivity (Wildman–Crippen MR) is 90.1 cm³/mol. The summed E-state index contributed by atoms with van der Waals surface area (Å²) >= 11 is 1.89. The lowest BCUT2D eigenvalue weighted by Gasteiger charge is -2.25. The Morgan fingerprint density at radius 3 is 2.85 bits per heavy atom. The molecule has 0 bridgehead atoms. The van der Waals surface area contributed by atoms with Gasteiger partial charge in [0.15, 0.2) is 0 Å². The predicted octanol–water partition coefficient (Wildman–Crippen LogP) is 3.39. The van der Waals surface area contributed by atoms with Crippen LogP contribution in [0, 0.1) is 0 Å². The second kappa shape index (κ2) is 6.95. The summed E-state index contributed by atoms with van der Waals surface area (Å²) < 4.78 is 0. The third-order valence-corrected chi connectivity index (χ3v) is 4.39. The number of nitrogens with zero attached hydrogens (tertiary/aromatic N) is 2. The molecule has 0 fully saturated rings. The van der Waals surface area contributed by atoms with E-state index in [1.165, 1.54) is 12.2 Å². The fourth-order valence-electron chi connectivity index (χ4n) is 2.23. The van der Waals surface area contributed by atoms with Gasteiger partial charge in [0.05, 0.1) is 5.52 Å². The molecule has 0 saturated carbocycles. The van der Waals surface area contributed by atoms with Crippen molar-refractivity contribution < 1.29 is 0 Å². The Morgan fingerprint density at radius 2 is 2.10 bits per heavy atom. The number of hydrogen-bond donors (Lipinski definition) is 1. The SMILES string of the molecule is CSCCC(C)N(C)Cc1cc2ccccc2nc1N. The maximum Gasteiger partial charge on any atom is 0.128 e. The molecule has 1 atom stereocenters. The van der Waals surface area contributed by atoms with E-state index in [1.807, 2.05) is 30.0 Å². The Kier molecular flexibility index (Phi) is 5.26. The van der Waals surface area contributed by atoms with Crippen molar-refractivity contribution in [3.05, 3.63) is 35.9 Å². The highest BCUT2D eigenvalue weighted by molar-refractivity contribution is 7.98. The lowest BCUT2D eigenvalue weighted by molar-refractivity contribution is 0.245. The van der Waals surface area contributed by atoms with Gasteiger partial charge in [0.2, 0.25) is 0 Å². The molecular formula is C16H23N3S. The Hall–Kier alpha value is -1.26. The smallest absolute Gasteiger partial charge is 0.128 e. The minimum absolute atomic E-state index is 0.549. The average molecular weight is 289 g/mol. The third kappa shape index (κ3) is 3.64. The van der Waals surface area contributed by atoms with Gasteiger partial charge in [-0.2, -0.15) is 11.8 Å². The van der Waals surface area contributed by atoms with Crippen LogP contribution in [0.3, 0.4) is 0 Å². The molecule has 1 aromatic carbocycles. The lowest BCUT2D eigenvalue weighted by atomic mass is 10.1. The molecule has 108 valence electrons. The van der Waals surface area contributed by atoms with Gasteiger partial charge < -0.3 is 5.73 Å². The third-order valence-electron chi connectivity index (χ3n) is 3.75. The molecule has 20 heavy (non-hydrogen) atoms. The molecule has 2 rings (SSSR count). The Bertz CT molecular complexity index is 571. The first-order chi connectivity index (χ1) is 9.61. The number of aromatic nitrogens is 1. The van der Waals surface area contributed by atoms with Crippen molar-refractivity contribution in [2.45, 2.75) is 25.9 Å². The molecule has 1 unspecified atom stereocenters. The van der Waals surface area contributed by atoms with Crippen LogP contribution in [-0.4, -0.2) is 35.0 Å². The summed E-state index contributed by atoms with van der Waals surface area (Å²) in [5, 5.41) is 1.15. The first kappa shape index (κ1) is 15.1. The van der Waals surface area contributed by atoms with Crippen molar-refractivity contribution in [1.29, 1.82) is 0 Å². The number of pyridine rings is 1. The number of thioether (sulfide) groups is 1. The van der Waals surface area contributed by atoms with Crippen LogP contribution in [0.15, 0.2) is 30.3 Å². The van der Waals surface area contributed by atoms with Gasteiger partial charge in [-0.15, -0.1) is 0 Å². The highest BCUT2D eigenvalue weighted by atomic mass is 32.2. The van der Waals surface area contributed by atoms with Crippen molar-refractivity contribution in [2.24, 2.45) is 0 Å². The van der Waals surface area contributed by atoms with Crippen molar-refractivity contribution in [3.63, 3.8) is 0 Å². The van der Waals surface area contributed by atoms with Crippen LogP contribution in [0.4, 0.5) is 5.82 Å². The molecule has 1 aromatic heterocycles. The monoisotopic (exact) mass is 289 g/mol. The fourth-order valence-corrected chi connectivity index (χ4v) is 2.81. The molecule has 1 heterocycles. The molecule has 3 nitrogen and oxygen atoms in total. The minimum Gasteiger partial charge on any atom is -0.383 e. The van der Waals surface area contributed by atoms with Gasteiger partial charge in [0.25, 0.3) is 0 Å². The van der Waals surface area contributed by atoms with E-state index < -0.39 is 0 Å². The van der Waals surface area contributed by atoms with E-state index in [4.69, 9.17) is 5.73 Å². The molecule has 0 aliphatic carbocycles.